The van der Waals surface area contributed by atoms with Crippen LogP contribution in [0.25, 0.3) is 0 Å². The Hall–Kier alpha value is -2.46. The number of carbonyl (C=O) groups is 3. The molecule has 1 aromatic rings. The van der Waals surface area contributed by atoms with Crippen LogP contribution in [0.2, 0.25) is 0 Å². The first-order valence-corrected chi connectivity index (χ1v) is 12.1. The van der Waals surface area contributed by atoms with Gasteiger partial charge in [-0.05, 0) is 55.9 Å². The molecule has 2 heterocycles. The van der Waals surface area contributed by atoms with E-state index in [0.29, 0.717) is 31.7 Å². The third-order valence-electron chi connectivity index (χ3n) is 6.58. The van der Waals surface area contributed by atoms with Crippen LogP contribution in [-0.2, 0) is 26.0 Å². The Morgan fingerprint density at radius 1 is 1.23 bits per heavy atom. The number of rotatable bonds is 7. The van der Waals surface area contributed by atoms with Crippen molar-refractivity contribution >= 4 is 33.6 Å². The molecule has 0 radical (unpaired) electrons. The second kappa shape index (κ2) is 7.59. The van der Waals surface area contributed by atoms with E-state index in [0.717, 1.165) is 23.3 Å². The SMILES string of the molecule is CCN(CC)S(=O)(=O)c1ccc2c(c1)CCN2C(=O)CN1C(=O)NC(C)(C2CC2)C1=O. The summed E-state index contributed by atoms with van der Waals surface area (Å²) in [7, 11) is -3.58. The van der Waals surface area contributed by atoms with Gasteiger partial charge in [-0.3, -0.25) is 14.5 Å². The molecule has 2 fully saturated rings. The van der Waals surface area contributed by atoms with Crippen molar-refractivity contribution in [3.63, 3.8) is 0 Å². The van der Waals surface area contributed by atoms with Gasteiger partial charge in [0.25, 0.3) is 5.91 Å². The number of sulfonamides is 1. The fourth-order valence-corrected chi connectivity index (χ4v) is 6.04. The molecule has 3 aliphatic rings. The molecule has 1 aliphatic carbocycles. The summed E-state index contributed by atoms with van der Waals surface area (Å²) >= 11 is 0. The zero-order valence-corrected chi connectivity index (χ0v) is 18.9. The lowest BCUT2D eigenvalue weighted by molar-refractivity contribution is -0.134. The molecular weight excluding hydrogens is 420 g/mol. The van der Waals surface area contributed by atoms with Crippen molar-refractivity contribution in [2.24, 2.45) is 5.92 Å². The topological polar surface area (TPSA) is 107 Å². The molecule has 168 valence electrons. The molecular formula is C21H28N4O5S. The predicted molar refractivity (Wildman–Crippen MR) is 114 cm³/mol. The molecule has 1 atom stereocenters. The van der Waals surface area contributed by atoms with Crippen LogP contribution in [0.15, 0.2) is 23.1 Å². The van der Waals surface area contributed by atoms with Crippen LogP contribution >= 0.6 is 0 Å². The maximum Gasteiger partial charge on any atom is 0.325 e. The van der Waals surface area contributed by atoms with Gasteiger partial charge in [0.1, 0.15) is 12.1 Å². The molecule has 1 saturated heterocycles. The van der Waals surface area contributed by atoms with Gasteiger partial charge in [0, 0.05) is 25.3 Å². The zero-order chi connectivity index (χ0) is 22.6. The van der Waals surface area contributed by atoms with E-state index < -0.39 is 21.6 Å². The summed E-state index contributed by atoms with van der Waals surface area (Å²) in [6.45, 7) is 6.12. The smallest absolute Gasteiger partial charge is 0.323 e. The van der Waals surface area contributed by atoms with E-state index in [1.165, 1.54) is 15.3 Å². The minimum atomic E-state index is -3.58. The maximum atomic E-state index is 13.0. The van der Waals surface area contributed by atoms with E-state index in [-0.39, 0.29) is 29.2 Å². The average Bonchev–Trinajstić information content (AvgIpc) is 3.47. The van der Waals surface area contributed by atoms with Crippen LogP contribution in [0.5, 0.6) is 0 Å². The minimum Gasteiger partial charge on any atom is -0.323 e. The Morgan fingerprint density at radius 2 is 1.90 bits per heavy atom. The van der Waals surface area contributed by atoms with Crippen molar-refractivity contribution in [3.8, 4) is 0 Å². The molecule has 4 amide bonds. The van der Waals surface area contributed by atoms with Gasteiger partial charge in [-0.1, -0.05) is 13.8 Å². The number of nitrogens with one attached hydrogen (secondary N) is 1. The molecule has 4 rings (SSSR count). The molecule has 0 spiro atoms. The van der Waals surface area contributed by atoms with Crippen molar-refractivity contribution in [1.82, 2.24) is 14.5 Å². The van der Waals surface area contributed by atoms with Gasteiger partial charge in [0.2, 0.25) is 15.9 Å². The fourth-order valence-electron chi connectivity index (χ4n) is 4.53. The number of benzene rings is 1. The van der Waals surface area contributed by atoms with Crippen LogP contribution < -0.4 is 10.2 Å². The van der Waals surface area contributed by atoms with Gasteiger partial charge in [-0.15, -0.1) is 0 Å². The van der Waals surface area contributed by atoms with Gasteiger partial charge >= 0.3 is 6.03 Å². The third kappa shape index (κ3) is 3.51. The quantitative estimate of drug-likeness (QED) is 0.633. The molecule has 2 aliphatic heterocycles. The van der Waals surface area contributed by atoms with Crippen molar-refractivity contribution in [3.05, 3.63) is 23.8 Å². The lowest BCUT2D eigenvalue weighted by atomic mass is 9.96. The van der Waals surface area contributed by atoms with Gasteiger partial charge in [-0.25, -0.2) is 13.2 Å². The number of amides is 4. The first kappa shape index (κ1) is 21.8. The number of nitrogens with zero attached hydrogens (tertiary/aromatic N) is 3. The van der Waals surface area contributed by atoms with Crippen LogP contribution in [-0.4, -0.2) is 67.2 Å². The first-order valence-electron chi connectivity index (χ1n) is 10.7. The highest BCUT2D eigenvalue weighted by molar-refractivity contribution is 7.89. The molecule has 1 unspecified atom stereocenters. The Morgan fingerprint density at radius 3 is 2.52 bits per heavy atom. The summed E-state index contributed by atoms with van der Waals surface area (Å²) in [5.41, 5.74) is 0.468. The van der Waals surface area contributed by atoms with Crippen LogP contribution in [0, 0.1) is 5.92 Å². The normalized spacial score (nSPS) is 23.5. The minimum absolute atomic E-state index is 0.128. The van der Waals surface area contributed by atoms with E-state index in [2.05, 4.69) is 5.32 Å². The lowest BCUT2D eigenvalue weighted by Gasteiger charge is -2.23. The summed E-state index contributed by atoms with van der Waals surface area (Å²) < 4.78 is 27.0. The van der Waals surface area contributed by atoms with Gasteiger partial charge in [0.05, 0.1) is 4.90 Å². The van der Waals surface area contributed by atoms with E-state index in [4.69, 9.17) is 0 Å². The van der Waals surface area contributed by atoms with Crippen molar-refractivity contribution in [1.29, 1.82) is 0 Å². The molecule has 0 aromatic heterocycles. The molecule has 1 aromatic carbocycles. The molecule has 10 heteroatoms. The Kier molecular flexibility index (Phi) is 5.33. The van der Waals surface area contributed by atoms with E-state index in [1.54, 1.807) is 32.9 Å². The number of hydrogen-bond donors (Lipinski definition) is 1. The van der Waals surface area contributed by atoms with Crippen molar-refractivity contribution in [2.75, 3.05) is 31.1 Å². The second-order valence-corrected chi connectivity index (χ2v) is 10.4. The lowest BCUT2D eigenvalue weighted by Crippen LogP contribution is -2.47. The summed E-state index contributed by atoms with van der Waals surface area (Å²) in [5.74, 6) is -0.585. The van der Waals surface area contributed by atoms with Gasteiger partial charge < -0.3 is 10.2 Å². The van der Waals surface area contributed by atoms with Crippen LogP contribution in [0.3, 0.4) is 0 Å². The summed E-state index contributed by atoms with van der Waals surface area (Å²) in [6.07, 6.45) is 2.30. The number of carbonyl (C=O) groups excluding carboxylic acids is 3. The Labute approximate surface area is 182 Å². The van der Waals surface area contributed by atoms with Crippen molar-refractivity contribution in [2.45, 2.75) is 50.5 Å². The Balaban J connectivity index is 1.52. The van der Waals surface area contributed by atoms with E-state index >= 15 is 0 Å². The highest BCUT2D eigenvalue weighted by atomic mass is 32.2. The molecule has 9 nitrogen and oxygen atoms in total. The molecule has 1 saturated carbocycles. The fraction of sp³-hybridized carbons (Fsp3) is 0.571. The van der Waals surface area contributed by atoms with Gasteiger partial charge in [-0.2, -0.15) is 4.31 Å². The highest BCUT2D eigenvalue weighted by Gasteiger charge is 2.56. The number of hydrogen-bond acceptors (Lipinski definition) is 5. The number of urea groups is 1. The monoisotopic (exact) mass is 448 g/mol. The molecule has 1 N–H and O–H groups in total. The van der Waals surface area contributed by atoms with E-state index in [9.17, 15) is 22.8 Å². The maximum absolute atomic E-state index is 13.0. The molecule has 0 bridgehead atoms. The summed E-state index contributed by atoms with van der Waals surface area (Å²) in [4.78, 5) is 40.8. The standard InChI is InChI=1S/C21H28N4O5S/c1-4-23(5-2)31(29,30)16-8-9-17-14(12-16)10-11-24(17)18(26)13-25-19(27)21(3,15-6-7-15)22-20(25)28/h8-9,12,15H,4-7,10-11,13H2,1-3H3,(H,22,28). The highest BCUT2D eigenvalue weighted by Crippen LogP contribution is 2.42. The van der Waals surface area contributed by atoms with Crippen LogP contribution in [0.4, 0.5) is 10.5 Å². The summed E-state index contributed by atoms with van der Waals surface area (Å²) in [6, 6.07) is 4.23. The first-order chi connectivity index (χ1) is 14.6. The number of fused-ring (bicyclic) bond motifs is 1. The van der Waals surface area contributed by atoms with Crippen molar-refractivity contribution < 1.29 is 22.8 Å². The largest absolute Gasteiger partial charge is 0.325 e. The predicted octanol–water partition coefficient (Wildman–Crippen LogP) is 1.33. The number of imide groups is 1. The average molecular weight is 449 g/mol. The van der Waals surface area contributed by atoms with E-state index in [1.807, 2.05) is 0 Å². The third-order valence-corrected chi connectivity index (χ3v) is 8.63. The zero-order valence-electron chi connectivity index (χ0n) is 18.1. The molecule has 31 heavy (non-hydrogen) atoms. The number of anilines is 1. The summed E-state index contributed by atoms with van der Waals surface area (Å²) in [5, 5.41) is 2.75. The van der Waals surface area contributed by atoms with Gasteiger partial charge in [0.15, 0.2) is 0 Å². The second-order valence-electron chi connectivity index (χ2n) is 8.47. The Bertz CT molecular complexity index is 1050. The van der Waals surface area contributed by atoms with Crippen LogP contribution in [0.1, 0.15) is 39.2 Å².